The number of hydrogen-bond donors (Lipinski definition) is 1. The molecule has 0 aliphatic carbocycles. The molecule has 3 heteroatoms. The van der Waals surface area contributed by atoms with Gasteiger partial charge in [-0.25, -0.2) is 0 Å². The summed E-state index contributed by atoms with van der Waals surface area (Å²) in [6.07, 6.45) is 0. The van der Waals surface area contributed by atoms with E-state index in [-0.39, 0.29) is 0 Å². The van der Waals surface area contributed by atoms with Gasteiger partial charge in [-0.05, 0) is 47.5 Å². The van der Waals surface area contributed by atoms with Gasteiger partial charge in [0.15, 0.2) is 6.54 Å². The van der Waals surface area contributed by atoms with E-state index < -0.39 is 0 Å². The van der Waals surface area contributed by atoms with Gasteiger partial charge in [0.05, 0.1) is 7.11 Å². The Morgan fingerprint density at radius 1 is 0.714 bits per heavy atom. The first-order chi connectivity index (χ1) is 13.7. The van der Waals surface area contributed by atoms with E-state index in [0.717, 1.165) is 28.6 Å². The summed E-state index contributed by atoms with van der Waals surface area (Å²) in [6.45, 7) is 0.738. The number of ether oxygens (including phenoxy) is 1. The molecule has 0 N–H and O–H groups in total. The summed E-state index contributed by atoms with van der Waals surface area (Å²) in [4.78, 5) is 0. The Balaban J connectivity index is 1.82. The van der Waals surface area contributed by atoms with Crippen LogP contribution in [0.3, 0.4) is 0 Å². The van der Waals surface area contributed by atoms with Gasteiger partial charge in [0.2, 0.25) is 10.7 Å². The average Bonchev–Trinajstić information content (AvgIpc) is 2.76. The standard InChI is InChI=1S/C25H21NOS/c1-27-23-14-12-19(13-15-23)18-26-24(21-10-6-3-7-11-21)16-22(17-25(26)28)20-8-4-2-5-9-20/h2-17H,18H2,1H3/p+1. The van der Waals surface area contributed by atoms with Gasteiger partial charge in [-0.1, -0.05) is 61.2 Å². The zero-order chi connectivity index (χ0) is 19.3. The quantitative estimate of drug-likeness (QED) is 0.346. The summed E-state index contributed by atoms with van der Waals surface area (Å²) in [5.41, 5.74) is 5.86. The van der Waals surface area contributed by atoms with Crippen LogP contribution in [0, 0.1) is 0 Å². The fourth-order valence-electron chi connectivity index (χ4n) is 3.33. The molecule has 0 aliphatic rings. The molecule has 0 amide bonds. The normalized spacial score (nSPS) is 10.6. The Kier molecular flexibility index (Phi) is 5.45. The van der Waals surface area contributed by atoms with Crippen molar-refractivity contribution in [1.29, 1.82) is 0 Å². The number of pyridine rings is 1. The lowest BCUT2D eigenvalue weighted by Gasteiger charge is -2.10. The lowest BCUT2D eigenvalue weighted by Crippen LogP contribution is -2.39. The van der Waals surface area contributed by atoms with Crippen molar-refractivity contribution in [3.63, 3.8) is 0 Å². The average molecular weight is 385 g/mol. The summed E-state index contributed by atoms with van der Waals surface area (Å²) in [5, 5.41) is 0.927. The molecule has 4 rings (SSSR count). The Bertz CT molecular complexity index is 1060. The van der Waals surface area contributed by atoms with Crippen LogP contribution in [0.15, 0.2) is 102 Å². The predicted molar refractivity (Wildman–Crippen MR) is 117 cm³/mol. The first-order valence-corrected chi connectivity index (χ1v) is 9.70. The Morgan fingerprint density at radius 2 is 1.32 bits per heavy atom. The minimum atomic E-state index is 0.738. The minimum absolute atomic E-state index is 0.738. The van der Waals surface area contributed by atoms with Crippen LogP contribution in [0.1, 0.15) is 5.56 Å². The van der Waals surface area contributed by atoms with Crippen LogP contribution in [-0.2, 0) is 6.54 Å². The molecule has 1 heterocycles. The van der Waals surface area contributed by atoms with Crippen molar-refractivity contribution < 1.29 is 9.30 Å². The molecule has 0 saturated carbocycles. The van der Waals surface area contributed by atoms with Gasteiger partial charge in [-0.2, -0.15) is 4.57 Å². The summed E-state index contributed by atoms with van der Waals surface area (Å²) < 4.78 is 7.52. The maximum absolute atomic E-state index is 5.28. The van der Waals surface area contributed by atoms with Gasteiger partial charge < -0.3 is 4.74 Å². The number of hydrogen-bond acceptors (Lipinski definition) is 2. The van der Waals surface area contributed by atoms with Crippen molar-refractivity contribution >= 4 is 12.6 Å². The summed E-state index contributed by atoms with van der Waals surface area (Å²) in [6, 6.07) is 33.4. The number of benzene rings is 3. The number of rotatable bonds is 5. The highest BCUT2D eigenvalue weighted by Crippen LogP contribution is 2.26. The van der Waals surface area contributed by atoms with E-state index in [0.29, 0.717) is 0 Å². The molecule has 4 aromatic rings. The Labute approximate surface area is 171 Å². The van der Waals surface area contributed by atoms with E-state index in [9.17, 15) is 0 Å². The van der Waals surface area contributed by atoms with Crippen molar-refractivity contribution in [1.82, 2.24) is 0 Å². The van der Waals surface area contributed by atoms with Gasteiger partial charge in [-0.3, -0.25) is 0 Å². The van der Waals surface area contributed by atoms with Gasteiger partial charge in [0.1, 0.15) is 5.75 Å². The number of thiol groups is 1. The number of nitrogens with zero attached hydrogens (tertiary/aromatic N) is 1. The second-order valence-corrected chi connectivity index (χ2v) is 7.11. The minimum Gasteiger partial charge on any atom is -0.497 e. The van der Waals surface area contributed by atoms with Crippen LogP contribution in [0.2, 0.25) is 0 Å². The van der Waals surface area contributed by atoms with Crippen molar-refractivity contribution in [3.8, 4) is 28.1 Å². The first-order valence-electron chi connectivity index (χ1n) is 9.25. The molecular formula is C25H22NOS+. The molecule has 28 heavy (non-hydrogen) atoms. The summed E-state index contributed by atoms with van der Waals surface area (Å²) >= 11 is 4.85. The SMILES string of the molecule is COc1ccc(C[n+]2c(S)cc(-c3ccccc3)cc2-c2ccccc2)cc1. The Morgan fingerprint density at radius 3 is 1.93 bits per heavy atom. The molecule has 0 fully saturated rings. The van der Waals surface area contributed by atoms with Crippen LogP contribution in [0.25, 0.3) is 22.4 Å². The van der Waals surface area contributed by atoms with E-state index in [2.05, 4.69) is 77.4 Å². The van der Waals surface area contributed by atoms with E-state index >= 15 is 0 Å². The molecule has 0 bridgehead atoms. The van der Waals surface area contributed by atoms with E-state index in [1.807, 2.05) is 24.3 Å². The third-order valence-electron chi connectivity index (χ3n) is 4.82. The van der Waals surface area contributed by atoms with E-state index in [4.69, 9.17) is 17.4 Å². The largest absolute Gasteiger partial charge is 0.497 e. The second-order valence-electron chi connectivity index (χ2n) is 6.65. The second kappa shape index (κ2) is 8.32. The van der Waals surface area contributed by atoms with Crippen LogP contribution in [0.5, 0.6) is 5.75 Å². The van der Waals surface area contributed by atoms with E-state index in [1.165, 1.54) is 16.7 Å². The molecule has 138 valence electrons. The maximum atomic E-state index is 5.28. The third-order valence-corrected chi connectivity index (χ3v) is 5.19. The maximum Gasteiger partial charge on any atom is 0.238 e. The molecule has 0 unspecified atom stereocenters. The molecule has 2 nitrogen and oxygen atoms in total. The zero-order valence-corrected chi connectivity index (χ0v) is 16.6. The molecule has 0 aliphatic heterocycles. The van der Waals surface area contributed by atoms with Crippen LogP contribution < -0.4 is 9.30 Å². The summed E-state index contributed by atoms with van der Waals surface area (Å²) in [5.74, 6) is 0.863. The van der Waals surface area contributed by atoms with Gasteiger partial charge in [-0.15, -0.1) is 0 Å². The first kappa shape index (κ1) is 18.3. The fourth-order valence-corrected chi connectivity index (χ4v) is 3.65. The summed E-state index contributed by atoms with van der Waals surface area (Å²) in [7, 11) is 1.69. The smallest absolute Gasteiger partial charge is 0.238 e. The zero-order valence-electron chi connectivity index (χ0n) is 15.7. The molecule has 1 aromatic heterocycles. The van der Waals surface area contributed by atoms with Crippen LogP contribution in [-0.4, -0.2) is 7.11 Å². The topological polar surface area (TPSA) is 13.1 Å². The lowest BCUT2D eigenvalue weighted by molar-refractivity contribution is -0.713. The van der Waals surface area contributed by atoms with Crippen molar-refractivity contribution in [3.05, 3.63) is 103 Å². The van der Waals surface area contributed by atoms with Gasteiger partial charge in [0, 0.05) is 23.3 Å². The van der Waals surface area contributed by atoms with E-state index in [1.54, 1.807) is 7.11 Å². The molecule has 0 spiro atoms. The monoisotopic (exact) mass is 384 g/mol. The molecular weight excluding hydrogens is 362 g/mol. The highest BCUT2D eigenvalue weighted by atomic mass is 32.1. The van der Waals surface area contributed by atoms with Gasteiger partial charge >= 0.3 is 0 Å². The molecule has 3 aromatic carbocycles. The molecule has 0 saturated heterocycles. The fraction of sp³-hybridized carbons (Fsp3) is 0.0800. The van der Waals surface area contributed by atoms with Crippen LogP contribution >= 0.6 is 12.6 Å². The van der Waals surface area contributed by atoms with Gasteiger partial charge in [0.25, 0.3) is 0 Å². The third kappa shape index (κ3) is 3.95. The number of aromatic nitrogens is 1. The van der Waals surface area contributed by atoms with Crippen molar-refractivity contribution in [2.75, 3.05) is 7.11 Å². The van der Waals surface area contributed by atoms with Crippen LogP contribution in [0.4, 0.5) is 0 Å². The molecule has 0 atom stereocenters. The molecule has 0 radical (unpaired) electrons. The highest BCUT2D eigenvalue weighted by Gasteiger charge is 2.20. The highest BCUT2D eigenvalue weighted by molar-refractivity contribution is 7.80. The Hall–Kier alpha value is -3.04. The van der Waals surface area contributed by atoms with Crippen molar-refractivity contribution in [2.45, 2.75) is 11.6 Å². The lowest BCUT2D eigenvalue weighted by atomic mass is 10.0. The number of methoxy groups -OCH3 is 1. The predicted octanol–water partition coefficient (Wildman–Crippen LogP) is 5.65. The van der Waals surface area contributed by atoms with Crippen molar-refractivity contribution in [2.24, 2.45) is 0 Å².